The standard InChI is InChI=1S/C11H12FN3OS/c1-7(13)10-14-15-11(16-10)17-6-8-3-2-4-9(12)5-8/h2-5,7H,6,13H2,1H3/p+1/t7-/m0/s1. The van der Waals surface area contributed by atoms with Crippen molar-refractivity contribution in [1.29, 1.82) is 0 Å². The molecule has 0 radical (unpaired) electrons. The van der Waals surface area contributed by atoms with Gasteiger partial charge in [0.15, 0.2) is 6.04 Å². The highest BCUT2D eigenvalue weighted by Gasteiger charge is 2.12. The summed E-state index contributed by atoms with van der Waals surface area (Å²) in [6.45, 7) is 1.88. The summed E-state index contributed by atoms with van der Waals surface area (Å²) in [6, 6.07) is 6.43. The molecule has 0 saturated carbocycles. The van der Waals surface area contributed by atoms with Crippen LogP contribution in [0.2, 0.25) is 0 Å². The monoisotopic (exact) mass is 254 g/mol. The van der Waals surface area contributed by atoms with E-state index in [4.69, 9.17) is 4.42 Å². The van der Waals surface area contributed by atoms with Crippen LogP contribution >= 0.6 is 11.8 Å². The molecular formula is C11H13FN3OS+. The fourth-order valence-electron chi connectivity index (χ4n) is 1.25. The second kappa shape index (κ2) is 5.29. The Bertz CT molecular complexity index is 501. The third-order valence-corrected chi connectivity index (χ3v) is 2.98. The highest BCUT2D eigenvalue weighted by molar-refractivity contribution is 7.98. The number of thioether (sulfide) groups is 1. The number of quaternary nitrogens is 1. The smallest absolute Gasteiger partial charge is 0.277 e. The molecule has 1 aromatic heterocycles. The lowest BCUT2D eigenvalue weighted by atomic mass is 10.2. The van der Waals surface area contributed by atoms with Gasteiger partial charge in [0.1, 0.15) is 5.82 Å². The third-order valence-electron chi connectivity index (χ3n) is 2.09. The van der Waals surface area contributed by atoms with Crippen LogP contribution in [0, 0.1) is 5.82 Å². The molecule has 4 nitrogen and oxygen atoms in total. The summed E-state index contributed by atoms with van der Waals surface area (Å²) < 4.78 is 18.3. The molecule has 6 heteroatoms. The van der Waals surface area contributed by atoms with Crippen LogP contribution in [-0.2, 0) is 5.75 Å². The normalized spacial score (nSPS) is 12.6. The number of benzene rings is 1. The average Bonchev–Trinajstić information content (AvgIpc) is 2.75. The van der Waals surface area contributed by atoms with Crippen molar-refractivity contribution >= 4 is 11.8 Å². The van der Waals surface area contributed by atoms with Gasteiger partial charge in [0.25, 0.3) is 11.1 Å². The SMILES string of the molecule is C[C@H]([NH3+])c1nnc(SCc2cccc(F)c2)o1. The largest absolute Gasteiger partial charge is 0.410 e. The lowest BCUT2D eigenvalue weighted by Crippen LogP contribution is -2.51. The van der Waals surface area contributed by atoms with Crippen LogP contribution in [0.25, 0.3) is 0 Å². The van der Waals surface area contributed by atoms with Gasteiger partial charge in [-0.3, -0.25) is 0 Å². The van der Waals surface area contributed by atoms with Gasteiger partial charge in [-0.1, -0.05) is 23.9 Å². The maximum Gasteiger partial charge on any atom is 0.277 e. The zero-order valence-corrected chi connectivity index (χ0v) is 10.2. The minimum absolute atomic E-state index is 0.0222. The van der Waals surface area contributed by atoms with Crippen LogP contribution in [0.5, 0.6) is 0 Å². The Labute approximate surface area is 102 Å². The zero-order chi connectivity index (χ0) is 12.3. The molecule has 0 fully saturated rings. The van der Waals surface area contributed by atoms with E-state index >= 15 is 0 Å². The first kappa shape index (κ1) is 12.1. The van der Waals surface area contributed by atoms with Crippen molar-refractivity contribution in [2.24, 2.45) is 0 Å². The molecule has 0 spiro atoms. The highest BCUT2D eigenvalue weighted by Crippen LogP contribution is 2.22. The molecule has 2 aromatic rings. The molecule has 1 atom stereocenters. The van der Waals surface area contributed by atoms with E-state index in [9.17, 15) is 4.39 Å². The Morgan fingerprint density at radius 1 is 1.47 bits per heavy atom. The molecule has 1 aromatic carbocycles. The van der Waals surface area contributed by atoms with E-state index in [1.165, 1.54) is 23.9 Å². The van der Waals surface area contributed by atoms with Crippen LogP contribution in [0.15, 0.2) is 33.9 Å². The van der Waals surface area contributed by atoms with E-state index in [0.717, 1.165) is 5.56 Å². The molecule has 0 aliphatic rings. The lowest BCUT2D eigenvalue weighted by Gasteiger charge is -1.98. The molecule has 0 aliphatic carbocycles. The number of rotatable bonds is 4. The first-order chi connectivity index (χ1) is 8.15. The Morgan fingerprint density at radius 2 is 2.29 bits per heavy atom. The van der Waals surface area contributed by atoms with E-state index in [1.54, 1.807) is 6.07 Å². The second-order valence-electron chi connectivity index (χ2n) is 3.73. The molecule has 0 bridgehead atoms. The Hall–Kier alpha value is -1.40. The van der Waals surface area contributed by atoms with Crippen molar-refractivity contribution in [2.45, 2.75) is 23.9 Å². The van der Waals surface area contributed by atoms with Crippen molar-refractivity contribution in [3.63, 3.8) is 0 Å². The molecule has 3 N–H and O–H groups in total. The zero-order valence-electron chi connectivity index (χ0n) is 9.39. The van der Waals surface area contributed by atoms with Crippen molar-refractivity contribution in [3.8, 4) is 0 Å². The molecule has 2 rings (SSSR count). The van der Waals surface area contributed by atoms with Gasteiger partial charge < -0.3 is 10.2 Å². The van der Waals surface area contributed by atoms with Gasteiger partial charge in [-0.25, -0.2) is 4.39 Å². The number of hydrogen-bond donors (Lipinski definition) is 1. The highest BCUT2D eigenvalue weighted by atomic mass is 32.2. The Morgan fingerprint density at radius 3 is 2.94 bits per heavy atom. The van der Waals surface area contributed by atoms with Crippen LogP contribution in [0.4, 0.5) is 4.39 Å². The quantitative estimate of drug-likeness (QED) is 0.845. The lowest BCUT2D eigenvalue weighted by molar-refractivity contribution is -0.425. The Balaban J connectivity index is 1.97. The summed E-state index contributed by atoms with van der Waals surface area (Å²) in [5.74, 6) is 0.887. The predicted octanol–water partition coefficient (Wildman–Crippen LogP) is 1.80. The fraction of sp³-hybridized carbons (Fsp3) is 0.273. The fourth-order valence-corrected chi connectivity index (χ4v) is 1.96. The number of nitrogens with zero attached hydrogens (tertiary/aromatic N) is 2. The van der Waals surface area contributed by atoms with Gasteiger partial charge in [-0.15, -0.1) is 10.2 Å². The molecule has 0 aliphatic heterocycles. The summed E-state index contributed by atoms with van der Waals surface area (Å²) in [4.78, 5) is 0. The summed E-state index contributed by atoms with van der Waals surface area (Å²) in [5, 5.41) is 8.24. The predicted molar refractivity (Wildman–Crippen MR) is 61.6 cm³/mol. The van der Waals surface area contributed by atoms with Crippen LogP contribution in [0.3, 0.4) is 0 Å². The first-order valence-electron chi connectivity index (χ1n) is 5.19. The van der Waals surface area contributed by atoms with Gasteiger partial charge in [0.2, 0.25) is 0 Å². The van der Waals surface area contributed by atoms with E-state index in [-0.39, 0.29) is 11.9 Å². The molecule has 90 valence electrons. The van der Waals surface area contributed by atoms with Gasteiger partial charge in [0, 0.05) is 5.75 Å². The van der Waals surface area contributed by atoms with Gasteiger partial charge >= 0.3 is 0 Å². The van der Waals surface area contributed by atoms with Gasteiger partial charge in [0.05, 0.1) is 0 Å². The van der Waals surface area contributed by atoms with Crippen molar-refractivity contribution < 1.29 is 14.5 Å². The molecule has 0 saturated heterocycles. The van der Waals surface area contributed by atoms with Crippen LogP contribution in [0.1, 0.15) is 24.4 Å². The van der Waals surface area contributed by atoms with E-state index in [2.05, 4.69) is 15.9 Å². The summed E-state index contributed by atoms with van der Waals surface area (Å²) in [5.41, 5.74) is 4.68. The maximum absolute atomic E-state index is 12.9. The third kappa shape index (κ3) is 3.28. The molecular weight excluding hydrogens is 241 g/mol. The first-order valence-corrected chi connectivity index (χ1v) is 6.17. The van der Waals surface area contributed by atoms with E-state index in [1.807, 2.05) is 13.0 Å². The second-order valence-corrected chi connectivity index (χ2v) is 4.65. The molecule has 17 heavy (non-hydrogen) atoms. The number of halogens is 1. The summed E-state index contributed by atoms with van der Waals surface area (Å²) >= 11 is 1.39. The van der Waals surface area contributed by atoms with Crippen LogP contribution in [-0.4, -0.2) is 10.2 Å². The Kier molecular flexibility index (Phi) is 3.75. The number of hydrogen-bond acceptors (Lipinski definition) is 4. The average molecular weight is 254 g/mol. The topological polar surface area (TPSA) is 66.6 Å². The maximum atomic E-state index is 12.9. The molecule has 1 heterocycles. The van der Waals surface area contributed by atoms with E-state index < -0.39 is 0 Å². The van der Waals surface area contributed by atoms with Crippen molar-refractivity contribution in [1.82, 2.24) is 10.2 Å². The molecule has 0 amide bonds. The van der Waals surface area contributed by atoms with Crippen molar-refractivity contribution in [2.75, 3.05) is 0 Å². The minimum atomic E-state index is -0.235. The van der Waals surface area contributed by atoms with E-state index in [0.29, 0.717) is 16.9 Å². The minimum Gasteiger partial charge on any atom is -0.410 e. The summed E-state index contributed by atoms with van der Waals surface area (Å²) in [6.07, 6.45) is 0. The van der Waals surface area contributed by atoms with Crippen LogP contribution < -0.4 is 5.73 Å². The number of aromatic nitrogens is 2. The summed E-state index contributed by atoms with van der Waals surface area (Å²) in [7, 11) is 0. The van der Waals surface area contributed by atoms with Gasteiger partial charge in [-0.05, 0) is 24.6 Å². The van der Waals surface area contributed by atoms with Gasteiger partial charge in [-0.2, -0.15) is 0 Å². The van der Waals surface area contributed by atoms with Crippen molar-refractivity contribution in [3.05, 3.63) is 41.5 Å². The molecule has 0 unspecified atom stereocenters.